The highest BCUT2D eigenvalue weighted by molar-refractivity contribution is 5.56. The monoisotopic (exact) mass is 262 g/mol. The molecule has 3 rings (SSSR count). The van der Waals surface area contributed by atoms with Gasteiger partial charge < -0.3 is 15.7 Å². The summed E-state index contributed by atoms with van der Waals surface area (Å²) in [5, 5.41) is 9.36. The Balaban J connectivity index is 1.77. The van der Waals surface area contributed by atoms with E-state index in [1.807, 2.05) is 6.92 Å². The van der Waals surface area contributed by atoms with Crippen LogP contribution in [0.1, 0.15) is 43.0 Å². The molecule has 0 atom stereocenters. The fourth-order valence-electron chi connectivity index (χ4n) is 2.76. The van der Waals surface area contributed by atoms with E-state index in [-0.39, 0.29) is 6.10 Å². The highest BCUT2D eigenvalue weighted by atomic mass is 16.3. The SMILES string of the molecule is Cc1c(N)nc(C2CC2)nc1N(C)CC1CC(O)C1. The Kier molecular flexibility index (Phi) is 3.09. The molecule has 0 aliphatic heterocycles. The molecule has 0 bridgehead atoms. The Morgan fingerprint density at radius 1 is 1.32 bits per heavy atom. The Labute approximate surface area is 113 Å². The first-order valence-corrected chi connectivity index (χ1v) is 7.07. The van der Waals surface area contributed by atoms with E-state index in [0.29, 0.717) is 17.7 Å². The second-order valence-electron chi connectivity index (χ2n) is 6.06. The molecule has 0 amide bonds. The molecule has 19 heavy (non-hydrogen) atoms. The first-order valence-electron chi connectivity index (χ1n) is 7.07. The summed E-state index contributed by atoms with van der Waals surface area (Å²) in [4.78, 5) is 11.3. The molecule has 5 heteroatoms. The van der Waals surface area contributed by atoms with E-state index < -0.39 is 0 Å². The second-order valence-corrected chi connectivity index (χ2v) is 6.06. The number of hydrogen-bond donors (Lipinski definition) is 2. The smallest absolute Gasteiger partial charge is 0.137 e. The lowest BCUT2D eigenvalue weighted by Crippen LogP contribution is -2.37. The molecule has 2 aliphatic rings. The number of aliphatic hydroxyl groups is 1. The van der Waals surface area contributed by atoms with Gasteiger partial charge in [0.2, 0.25) is 0 Å². The molecule has 0 radical (unpaired) electrons. The molecular weight excluding hydrogens is 240 g/mol. The van der Waals surface area contributed by atoms with E-state index in [1.54, 1.807) is 0 Å². The molecule has 104 valence electrons. The summed E-state index contributed by atoms with van der Waals surface area (Å²) in [6.07, 6.45) is 4.07. The molecule has 0 saturated heterocycles. The van der Waals surface area contributed by atoms with Crippen molar-refractivity contribution in [1.82, 2.24) is 9.97 Å². The van der Waals surface area contributed by atoms with Gasteiger partial charge >= 0.3 is 0 Å². The third kappa shape index (κ3) is 2.52. The molecule has 1 heterocycles. The largest absolute Gasteiger partial charge is 0.393 e. The zero-order valence-electron chi connectivity index (χ0n) is 11.6. The van der Waals surface area contributed by atoms with Gasteiger partial charge in [-0.3, -0.25) is 0 Å². The van der Waals surface area contributed by atoms with Gasteiger partial charge in [-0.15, -0.1) is 0 Å². The average molecular weight is 262 g/mol. The third-order valence-corrected chi connectivity index (χ3v) is 4.22. The molecule has 1 aromatic rings. The Bertz CT molecular complexity index is 481. The summed E-state index contributed by atoms with van der Waals surface area (Å²) in [5.74, 6) is 3.54. The summed E-state index contributed by atoms with van der Waals surface area (Å²) < 4.78 is 0. The lowest BCUT2D eigenvalue weighted by molar-refractivity contribution is 0.0464. The van der Waals surface area contributed by atoms with Crippen LogP contribution >= 0.6 is 0 Å². The third-order valence-electron chi connectivity index (χ3n) is 4.22. The topological polar surface area (TPSA) is 75.3 Å². The van der Waals surface area contributed by atoms with Gasteiger partial charge in [0.25, 0.3) is 0 Å². The van der Waals surface area contributed by atoms with Crippen LogP contribution in [0.3, 0.4) is 0 Å². The summed E-state index contributed by atoms with van der Waals surface area (Å²) in [6, 6.07) is 0. The fraction of sp³-hybridized carbons (Fsp3) is 0.714. The number of rotatable bonds is 4. The van der Waals surface area contributed by atoms with E-state index in [4.69, 9.17) is 10.7 Å². The van der Waals surface area contributed by atoms with Crippen molar-refractivity contribution in [2.75, 3.05) is 24.2 Å². The van der Waals surface area contributed by atoms with Crippen LogP contribution in [0, 0.1) is 12.8 Å². The lowest BCUT2D eigenvalue weighted by atomic mass is 9.82. The summed E-state index contributed by atoms with van der Waals surface area (Å²) >= 11 is 0. The summed E-state index contributed by atoms with van der Waals surface area (Å²) in [6.45, 7) is 2.91. The van der Waals surface area contributed by atoms with Crippen LogP contribution in [0.4, 0.5) is 11.6 Å². The number of aliphatic hydroxyl groups excluding tert-OH is 1. The number of nitrogens with two attached hydrogens (primary N) is 1. The maximum absolute atomic E-state index is 9.36. The van der Waals surface area contributed by atoms with Crippen LogP contribution in [-0.4, -0.2) is 34.8 Å². The van der Waals surface area contributed by atoms with Crippen molar-refractivity contribution in [2.24, 2.45) is 5.92 Å². The molecular formula is C14H22N4O. The van der Waals surface area contributed by atoms with Gasteiger partial charge in [0.05, 0.1) is 6.10 Å². The predicted molar refractivity (Wildman–Crippen MR) is 75.2 cm³/mol. The minimum absolute atomic E-state index is 0.100. The number of nitrogen functional groups attached to an aromatic ring is 1. The number of aromatic nitrogens is 2. The van der Waals surface area contributed by atoms with Gasteiger partial charge in [-0.1, -0.05) is 0 Å². The molecule has 2 fully saturated rings. The highest BCUT2D eigenvalue weighted by Gasteiger charge is 2.31. The van der Waals surface area contributed by atoms with Crippen LogP contribution in [-0.2, 0) is 0 Å². The summed E-state index contributed by atoms with van der Waals surface area (Å²) in [5.41, 5.74) is 6.97. The molecule has 0 unspecified atom stereocenters. The molecule has 5 nitrogen and oxygen atoms in total. The standard InChI is InChI=1S/C14H22N4O/c1-8-12(15)16-13(10-3-4-10)17-14(8)18(2)7-9-5-11(19)6-9/h9-11,19H,3-7H2,1-2H3,(H2,15,16,17). The normalized spacial score (nSPS) is 26.1. The van der Waals surface area contributed by atoms with Gasteiger partial charge in [-0.05, 0) is 38.5 Å². The van der Waals surface area contributed by atoms with Crippen molar-refractivity contribution >= 4 is 11.6 Å². The first-order chi connectivity index (χ1) is 9.04. The fourth-order valence-corrected chi connectivity index (χ4v) is 2.76. The Hall–Kier alpha value is -1.36. The Morgan fingerprint density at radius 2 is 2.00 bits per heavy atom. The Morgan fingerprint density at radius 3 is 2.58 bits per heavy atom. The maximum atomic E-state index is 9.36. The number of hydrogen-bond acceptors (Lipinski definition) is 5. The lowest BCUT2D eigenvalue weighted by Gasteiger charge is -2.35. The van der Waals surface area contributed by atoms with E-state index in [1.165, 1.54) is 12.8 Å². The molecule has 1 aromatic heterocycles. The van der Waals surface area contributed by atoms with Crippen LogP contribution in [0.15, 0.2) is 0 Å². The van der Waals surface area contributed by atoms with Crippen molar-refractivity contribution in [1.29, 1.82) is 0 Å². The maximum Gasteiger partial charge on any atom is 0.137 e. The molecule has 0 spiro atoms. The number of anilines is 2. The van der Waals surface area contributed by atoms with Crippen molar-refractivity contribution in [3.63, 3.8) is 0 Å². The molecule has 3 N–H and O–H groups in total. The van der Waals surface area contributed by atoms with E-state index >= 15 is 0 Å². The van der Waals surface area contributed by atoms with Crippen LogP contribution in [0.5, 0.6) is 0 Å². The first kappa shape index (κ1) is 12.7. The van der Waals surface area contributed by atoms with Crippen LogP contribution in [0.2, 0.25) is 0 Å². The van der Waals surface area contributed by atoms with Crippen molar-refractivity contribution in [3.05, 3.63) is 11.4 Å². The molecule has 2 saturated carbocycles. The van der Waals surface area contributed by atoms with Crippen molar-refractivity contribution in [2.45, 2.75) is 44.6 Å². The van der Waals surface area contributed by atoms with Gasteiger partial charge in [0, 0.05) is 25.1 Å². The highest BCUT2D eigenvalue weighted by Crippen LogP contribution is 2.39. The second kappa shape index (κ2) is 4.63. The number of nitrogens with zero attached hydrogens (tertiary/aromatic N) is 3. The van der Waals surface area contributed by atoms with Gasteiger partial charge in [-0.2, -0.15) is 0 Å². The van der Waals surface area contributed by atoms with Crippen LogP contribution in [0.25, 0.3) is 0 Å². The summed E-state index contributed by atoms with van der Waals surface area (Å²) in [7, 11) is 2.05. The van der Waals surface area contributed by atoms with Gasteiger partial charge in [0.15, 0.2) is 0 Å². The minimum Gasteiger partial charge on any atom is -0.393 e. The average Bonchev–Trinajstić information content (AvgIpc) is 3.14. The van der Waals surface area contributed by atoms with E-state index in [9.17, 15) is 5.11 Å². The van der Waals surface area contributed by atoms with Gasteiger partial charge in [-0.25, -0.2) is 9.97 Å². The molecule has 0 aromatic carbocycles. The predicted octanol–water partition coefficient (Wildman–Crippen LogP) is 1.45. The van der Waals surface area contributed by atoms with E-state index in [2.05, 4.69) is 16.9 Å². The molecule has 2 aliphatic carbocycles. The van der Waals surface area contributed by atoms with Crippen LogP contribution < -0.4 is 10.6 Å². The van der Waals surface area contributed by atoms with Gasteiger partial charge in [0.1, 0.15) is 17.5 Å². The van der Waals surface area contributed by atoms with Crippen molar-refractivity contribution < 1.29 is 5.11 Å². The zero-order valence-corrected chi connectivity index (χ0v) is 11.6. The van der Waals surface area contributed by atoms with Crippen molar-refractivity contribution in [3.8, 4) is 0 Å². The van der Waals surface area contributed by atoms with E-state index in [0.717, 1.165) is 36.6 Å². The minimum atomic E-state index is -0.100. The quantitative estimate of drug-likeness (QED) is 0.859. The zero-order chi connectivity index (χ0) is 13.6.